The first-order valence-electron chi connectivity index (χ1n) is 5.76. The third-order valence-electron chi connectivity index (χ3n) is 2.46. The van der Waals surface area contributed by atoms with Gasteiger partial charge in [0.2, 0.25) is 0 Å². The molecule has 102 valence electrons. The maximum Gasteiger partial charge on any atom is 0.401 e. The molecule has 0 aliphatic heterocycles. The second-order valence-corrected chi connectivity index (χ2v) is 4.31. The first-order valence-corrected chi connectivity index (χ1v) is 5.76. The molecule has 6 heteroatoms. The number of nitrogens with zero attached hydrogens (tertiary/aromatic N) is 2. The molecule has 0 saturated carbocycles. The predicted molar refractivity (Wildman–Crippen MR) is 62.5 cm³/mol. The van der Waals surface area contributed by atoms with Crippen LogP contribution in [0.3, 0.4) is 0 Å². The van der Waals surface area contributed by atoms with Crippen molar-refractivity contribution in [3.63, 3.8) is 0 Å². The highest BCUT2D eigenvalue weighted by Crippen LogP contribution is 2.17. The number of ketones is 1. The van der Waals surface area contributed by atoms with Crippen LogP contribution in [0.25, 0.3) is 0 Å². The van der Waals surface area contributed by atoms with Gasteiger partial charge in [-0.2, -0.15) is 13.2 Å². The van der Waals surface area contributed by atoms with E-state index in [1.54, 1.807) is 37.0 Å². The summed E-state index contributed by atoms with van der Waals surface area (Å²) in [5.41, 5.74) is 0.445. The number of aromatic nitrogens is 1. The van der Waals surface area contributed by atoms with Gasteiger partial charge in [0.25, 0.3) is 0 Å². The molecular formula is C12H17F3N2O. The zero-order valence-corrected chi connectivity index (χ0v) is 10.5. The molecule has 1 heterocycles. The minimum absolute atomic E-state index is 0.197. The van der Waals surface area contributed by atoms with E-state index in [4.69, 9.17) is 0 Å². The van der Waals surface area contributed by atoms with E-state index in [-0.39, 0.29) is 18.9 Å². The van der Waals surface area contributed by atoms with E-state index in [9.17, 15) is 18.0 Å². The van der Waals surface area contributed by atoms with Crippen LogP contribution < -0.4 is 0 Å². The molecule has 1 aromatic rings. The van der Waals surface area contributed by atoms with Crippen molar-refractivity contribution in [3.8, 4) is 0 Å². The van der Waals surface area contributed by atoms with Crippen molar-refractivity contribution < 1.29 is 18.0 Å². The van der Waals surface area contributed by atoms with E-state index in [0.29, 0.717) is 12.0 Å². The molecule has 0 saturated heterocycles. The van der Waals surface area contributed by atoms with Crippen LogP contribution in [0, 0.1) is 0 Å². The van der Waals surface area contributed by atoms with Gasteiger partial charge in [0.05, 0.1) is 13.1 Å². The Kier molecular flexibility index (Phi) is 4.95. The second-order valence-electron chi connectivity index (χ2n) is 4.31. The minimum Gasteiger partial charge on any atom is -0.357 e. The number of carbonyl (C=O) groups excluding carboxylic acids is 1. The molecule has 0 aliphatic carbocycles. The lowest BCUT2D eigenvalue weighted by Crippen LogP contribution is -2.38. The first kappa shape index (κ1) is 14.8. The smallest absolute Gasteiger partial charge is 0.357 e. The Morgan fingerprint density at radius 3 is 2.56 bits per heavy atom. The average Bonchev–Trinajstić information content (AvgIpc) is 2.62. The van der Waals surface area contributed by atoms with E-state index in [1.165, 1.54) is 0 Å². The van der Waals surface area contributed by atoms with Gasteiger partial charge in [-0.05, 0) is 19.0 Å². The summed E-state index contributed by atoms with van der Waals surface area (Å²) >= 11 is 0. The number of alkyl halides is 3. The fourth-order valence-electron chi connectivity index (χ4n) is 1.75. The highest BCUT2D eigenvalue weighted by atomic mass is 19.4. The predicted octanol–water partition coefficient (Wildman–Crippen LogP) is 2.48. The molecule has 0 fully saturated rings. The number of aryl methyl sites for hydroxylation is 1. The summed E-state index contributed by atoms with van der Waals surface area (Å²) in [5, 5.41) is 0. The number of hydrogen-bond acceptors (Lipinski definition) is 2. The van der Waals surface area contributed by atoms with Crippen LogP contribution in [0.5, 0.6) is 0 Å². The fourth-order valence-corrected chi connectivity index (χ4v) is 1.75. The number of hydrogen-bond donors (Lipinski definition) is 0. The summed E-state index contributed by atoms with van der Waals surface area (Å²) in [7, 11) is 1.76. The summed E-state index contributed by atoms with van der Waals surface area (Å²) in [6.45, 7) is 0.811. The van der Waals surface area contributed by atoms with Gasteiger partial charge in [-0.3, -0.25) is 9.69 Å². The monoisotopic (exact) mass is 262 g/mol. The summed E-state index contributed by atoms with van der Waals surface area (Å²) in [6, 6.07) is 1.61. The van der Waals surface area contributed by atoms with E-state index < -0.39 is 12.7 Å². The lowest BCUT2D eigenvalue weighted by molar-refractivity contribution is -0.144. The largest absolute Gasteiger partial charge is 0.401 e. The lowest BCUT2D eigenvalue weighted by Gasteiger charge is -2.21. The van der Waals surface area contributed by atoms with Crippen LogP contribution in [0.15, 0.2) is 18.5 Å². The van der Waals surface area contributed by atoms with E-state index in [2.05, 4.69) is 0 Å². The second kappa shape index (κ2) is 6.04. The van der Waals surface area contributed by atoms with Crippen molar-refractivity contribution >= 4 is 5.78 Å². The van der Waals surface area contributed by atoms with Gasteiger partial charge in [0.1, 0.15) is 0 Å². The van der Waals surface area contributed by atoms with Gasteiger partial charge in [0, 0.05) is 25.0 Å². The van der Waals surface area contributed by atoms with Crippen LogP contribution in [0.1, 0.15) is 23.7 Å². The van der Waals surface area contributed by atoms with E-state index in [0.717, 1.165) is 4.90 Å². The number of Topliss-reactive ketones (excluding diaryl/α,β-unsaturated/α-hetero) is 1. The Hall–Kier alpha value is -1.30. The summed E-state index contributed by atoms with van der Waals surface area (Å²) in [4.78, 5) is 12.9. The molecule has 0 radical (unpaired) electrons. The Balaban J connectivity index is 2.63. The Labute approximate surface area is 104 Å². The Morgan fingerprint density at radius 2 is 2.11 bits per heavy atom. The number of rotatable bonds is 6. The van der Waals surface area contributed by atoms with Gasteiger partial charge < -0.3 is 4.57 Å². The van der Waals surface area contributed by atoms with E-state index in [1.807, 2.05) is 0 Å². The van der Waals surface area contributed by atoms with Gasteiger partial charge in [-0.15, -0.1) is 0 Å². The molecule has 18 heavy (non-hydrogen) atoms. The zero-order valence-electron chi connectivity index (χ0n) is 10.5. The molecular weight excluding hydrogens is 245 g/mol. The van der Waals surface area contributed by atoms with E-state index >= 15 is 0 Å². The quantitative estimate of drug-likeness (QED) is 0.736. The topological polar surface area (TPSA) is 25.2 Å². The van der Waals surface area contributed by atoms with Crippen molar-refractivity contribution in [2.24, 2.45) is 7.05 Å². The van der Waals surface area contributed by atoms with Crippen molar-refractivity contribution in [1.29, 1.82) is 0 Å². The minimum atomic E-state index is -4.27. The molecule has 0 amide bonds. The Bertz CT molecular complexity index is 398. The van der Waals surface area contributed by atoms with Crippen LogP contribution in [-0.4, -0.2) is 41.1 Å². The van der Waals surface area contributed by atoms with Crippen molar-refractivity contribution in [3.05, 3.63) is 24.0 Å². The molecule has 0 aromatic carbocycles. The zero-order chi connectivity index (χ0) is 13.8. The fraction of sp³-hybridized carbons (Fsp3) is 0.583. The van der Waals surface area contributed by atoms with Crippen LogP contribution in [0.2, 0.25) is 0 Å². The molecule has 0 atom stereocenters. The molecule has 0 spiro atoms. The molecule has 1 aromatic heterocycles. The maximum atomic E-state index is 12.3. The summed E-state index contributed by atoms with van der Waals surface area (Å²) in [5.74, 6) is -0.284. The Morgan fingerprint density at radius 1 is 1.44 bits per heavy atom. The maximum absolute atomic E-state index is 12.3. The van der Waals surface area contributed by atoms with Crippen LogP contribution in [-0.2, 0) is 7.05 Å². The highest BCUT2D eigenvalue weighted by molar-refractivity contribution is 5.97. The first-order chi connectivity index (χ1) is 8.31. The van der Waals surface area contributed by atoms with Gasteiger partial charge in [0.15, 0.2) is 5.78 Å². The van der Waals surface area contributed by atoms with Crippen molar-refractivity contribution in [1.82, 2.24) is 9.47 Å². The number of halogens is 3. The normalized spacial score (nSPS) is 12.1. The van der Waals surface area contributed by atoms with Gasteiger partial charge in [-0.1, -0.05) is 6.92 Å². The van der Waals surface area contributed by atoms with Crippen molar-refractivity contribution in [2.45, 2.75) is 19.5 Å². The molecule has 0 unspecified atom stereocenters. The number of carbonyl (C=O) groups is 1. The molecule has 3 nitrogen and oxygen atoms in total. The lowest BCUT2D eigenvalue weighted by atomic mass is 10.2. The third-order valence-corrected chi connectivity index (χ3v) is 2.46. The summed E-state index contributed by atoms with van der Waals surface area (Å²) < 4.78 is 38.7. The molecule has 0 bridgehead atoms. The third kappa shape index (κ3) is 4.91. The van der Waals surface area contributed by atoms with Gasteiger partial charge in [-0.25, -0.2) is 0 Å². The van der Waals surface area contributed by atoms with Crippen LogP contribution in [0.4, 0.5) is 13.2 Å². The standard InChI is InChI=1S/C12H17F3N2O/c1-3-5-17(9-12(13,14)15)8-11(18)10-4-6-16(2)7-10/h4,6-7H,3,5,8-9H2,1-2H3. The summed E-state index contributed by atoms with van der Waals surface area (Å²) in [6.07, 6.45) is -0.383. The average molecular weight is 262 g/mol. The van der Waals surface area contributed by atoms with Crippen molar-refractivity contribution in [2.75, 3.05) is 19.6 Å². The molecule has 1 rings (SSSR count). The molecule has 0 N–H and O–H groups in total. The van der Waals surface area contributed by atoms with Crippen LogP contribution >= 0.6 is 0 Å². The molecule has 0 aliphatic rings. The van der Waals surface area contributed by atoms with Gasteiger partial charge >= 0.3 is 6.18 Å². The highest BCUT2D eigenvalue weighted by Gasteiger charge is 2.31. The SMILES string of the molecule is CCCN(CC(=O)c1ccn(C)c1)CC(F)(F)F.